The van der Waals surface area contributed by atoms with E-state index in [-0.39, 0.29) is 11.7 Å². The lowest BCUT2D eigenvalue weighted by Gasteiger charge is -2.06. The predicted octanol–water partition coefficient (Wildman–Crippen LogP) is 4.28. The molecule has 0 bridgehead atoms. The van der Waals surface area contributed by atoms with Gasteiger partial charge in [0.15, 0.2) is 0 Å². The van der Waals surface area contributed by atoms with E-state index >= 15 is 0 Å². The van der Waals surface area contributed by atoms with Gasteiger partial charge in [0, 0.05) is 22.9 Å². The molecule has 0 radical (unpaired) electrons. The molecular formula is C18H20FNOS2. The Labute approximate surface area is 145 Å². The van der Waals surface area contributed by atoms with Gasteiger partial charge in [-0.3, -0.25) is 4.79 Å². The number of nitrogens with one attached hydrogen (secondary N) is 1. The van der Waals surface area contributed by atoms with E-state index in [1.54, 1.807) is 23.9 Å². The summed E-state index contributed by atoms with van der Waals surface area (Å²) in [4.78, 5) is 13.0. The summed E-state index contributed by atoms with van der Waals surface area (Å²) in [5.41, 5.74) is 2.28. The van der Waals surface area contributed by atoms with Crippen molar-refractivity contribution in [2.45, 2.75) is 17.6 Å². The summed E-state index contributed by atoms with van der Waals surface area (Å²) in [5, 5.41) is 2.92. The molecule has 5 heteroatoms. The maximum absolute atomic E-state index is 12.8. The lowest BCUT2D eigenvalue weighted by molar-refractivity contribution is -0.118. The number of hydrogen-bond acceptors (Lipinski definition) is 3. The Balaban J connectivity index is 1.56. The van der Waals surface area contributed by atoms with Gasteiger partial charge in [0.1, 0.15) is 5.82 Å². The molecule has 0 aliphatic rings. The van der Waals surface area contributed by atoms with Gasteiger partial charge in [-0.25, -0.2) is 4.39 Å². The van der Waals surface area contributed by atoms with Crippen LogP contribution in [0.5, 0.6) is 0 Å². The molecule has 0 saturated carbocycles. The fourth-order valence-electron chi connectivity index (χ4n) is 1.89. The van der Waals surface area contributed by atoms with Crippen LogP contribution in [0, 0.1) is 12.7 Å². The van der Waals surface area contributed by atoms with Crippen LogP contribution in [0.4, 0.5) is 4.39 Å². The molecule has 2 nitrogen and oxygen atoms in total. The third-order valence-corrected chi connectivity index (χ3v) is 5.15. The first kappa shape index (κ1) is 17.9. The normalized spacial score (nSPS) is 10.5. The Bertz CT molecular complexity index is 614. The van der Waals surface area contributed by atoms with Crippen LogP contribution in [0.1, 0.15) is 11.1 Å². The second kappa shape index (κ2) is 9.63. The predicted molar refractivity (Wildman–Crippen MR) is 97.5 cm³/mol. The van der Waals surface area contributed by atoms with Crippen LogP contribution in [-0.4, -0.2) is 24.0 Å². The minimum absolute atomic E-state index is 0.0432. The first-order chi connectivity index (χ1) is 11.1. The maximum Gasteiger partial charge on any atom is 0.230 e. The highest BCUT2D eigenvalue weighted by Gasteiger charge is 2.02. The summed E-state index contributed by atoms with van der Waals surface area (Å²) >= 11 is 3.27. The zero-order valence-corrected chi connectivity index (χ0v) is 14.7. The Morgan fingerprint density at radius 2 is 1.78 bits per heavy atom. The largest absolute Gasteiger partial charge is 0.355 e. The zero-order chi connectivity index (χ0) is 16.5. The number of thioether (sulfide) groups is 2. The number of carbonyl (C=O) groups is 1. The highest BCUT2D eigenvalue weighted by atomic mass is 32.2. The number of carbonyl (C=O) groups excluding carboxylic acids is 1. The van der Waals surface area contributed by atoms with Crippen LogP contribution in [0.15, 0.2) is 53.4 Å². The van der Waals surface area contributed by atoms with Gasteiger partial charge in [0.05, 0.1) is 5.75 Å². The second-order valence-electron chi connectivity index (χ2n) is 5.13. The highest BCUT2D eigenvalue weighted by Crippen LogP contribution is 2.17. The van der Waals surface area contributed by atoms with Crippen LogP contribution < -0.4 is 5.32 Å². The molecule has 2 aromatic carbocycles. The molecule has 0 heterocycles. The Hall–Kier alpha value is -1.46. The van der Waals surface area contributed by atoms with Crippen molar-refractivity contribution in [2.24, 2.45) is 0 Å². The van der Waals surface area contributed by atoms with Crippen LogP contribution in [-0.2, 0) is 10.5 Å². The number of hydrogen-bond donors (Lipinski definition) is 1. The van der Waals surface area contributed by atoms with Gasteiger partial charge in [0.2, 0.25) is 5.91 Å². The minimum atomic E-state index is -0.234. The molecule has 2 rings (SSSR count). The fourth-order valence-corrected chi connectivity index (χ4v) is 3.47. The molecule has 0 fully saturated rings. The van der Waals surface area contributed by atoms with Crippen LogP contribution >= 0.6 is 23.5 Å². The Kier molecular flexibility index (Phi) is 7.49. The molecular weight excluding hydrogens is 329 g/mol. The number of amides is 1. The van der Waals surface area contributed by atoms with Crippen molar-refractivity contribution in [3.63, 3.8) is 0 Å². The van der Waals surface area contributed by atoms with Gasteiger partial charge >= 0.3 is 0 Å². The van der Waals surface area contributed by atoms with Crippen LogP contribution in [0.2, 0.25) is 0 Å². The monoisotopic (exact) mass is 349 g/mol. The third-order valence-electron chi connectivity index (χ3n) is 3.13. The maximum atomic E-state index is 12.8. The third kappa shape index (κ3) is 7.10. The zero-order valence-electron chi connectivity index (χ0n) is 13.0. The van der Waals surface area contributed by atoms with Crippen molar-refractivity contribution in [1.29, 1.82) is 0 Å². The standard InChI is InChI=1S/C18H20FNOS2/c1-14-2-8-17(9-3-14)23-11-10-20-18(21)13-22-12-15-4-6-16(19)7-5-15/h2-9H,10-13H2,1H3,(H,20,21). The summed E-state index contributed by atoms with van der Waals surface area (Å²) < 4.78 is 12.8. The van der Waals surface area contributed by atoms with Gasteiger partial charge in [-0.2, -0.15) is 0 Å². The molecule has 0 atom stereocenters. The molecule has 0 aliphatic heterocycles. The van der Waals surface area contributed by atoms with Gasteiger partial charge < -0.3 is 5.32 Å². The molecule has 23 heavy (non-hydrogen) atoms. The molecule has 122 valence electrons. The summed E-state index contributed by atoms with van der Waals surface area (Å²) in [5.74, 6) is 1.81. The van der Waals surface area contributed by atoms with Crippen molar-refractivity contribution >= 4 is 29.4 Å². The molecule has 0 unspecified atom stereocenters. The van der Waals surface area contributed by atoms with Gasteiger partial charge in [-0.05, 0) is 36.8 Å². The second-order valence-corrected chi connectivity index (χ2v) is 7.28. The summed E-state index contributed by atoms with van der Waals surface area (Å²) in [6.45, 7) is 2.73. The Morgan fingerprint density at radius 1 is 1.09 bits per heavy atom. The van der Waals surface area contributed by atoms with E-state index in [0.29, 0.717) is 18.1 Å². The quantitative estimate of drug-likeness (QED) is 0.570. The van der Waals surface area contributed by atoms with Crippen molar-refractivity contribution in [2.75, 3.05) is 18.1 Å². The van der Waals surface area contributed by atoms with Gasteiger partial charge in [0.25, 0.3) is 0 Å². The van der Waals surface area contributed by atoms with E-state index in [1.165, 1.54) is 34.4 Å². The molecule has 0 saturated heterocycles. The molecule has 0 aliphatic carbocycles. The summed E-state index contributed by atoms with van der Waals surface area (Å²) in [6.07, 6.45) is 0. The molecule has 2 aromatic rings. The average molecular weight is 349 g/mol. The van der Waals surface area contributed by atoms with Crippen molar-refractivity contribution in [3.05, 3.63) is 65.5 Å². The minimum Gasteiger partial charge on any atom is -0.355 e. The van der Waals surface area contributed by atoms with Gasteiger partial charge in [-0.15, -0.1) is 23.5 Å². The summed E-state index contributed by atoms with van der Waals surface area (Å²) in [6, 6.07) is 14.8. The fraction of sp³-hybridized carbons (Fsp3) is 0.278. The van der Waals surface area contributed by atoms with E-state index in [0.717, 1.165) is 11.3 Å². The van der Waals surface area contributed by atoms with E-state index in [9.17, 15) is 9.18 Å². The van der Waals surface area contributed by atoms with Crippen molar-refractivity contribution in [1.82, 2.24) is 5.32 Å². The van der Waals surface area contributed by atoms with Crippen LogP contribution in [0.25, 0.3) is 0 Å². The topological polar surface area (TPSA) is 29.1 Å². The van der Waals surface area contributed by atoms with Crippen molar-refractivity contribution < 1.29 is 9.18 Å². The van der Waals surface area contributed by atoms with E-state index in [1.807, 2.05) is 0 Å². The van der Waals surface area contributed by atoms with Gasteiger partial charge in [-0.1, -0.05) is 29.8 Å². The lowest BCUT2D eigenvalue weighted by Crippen LogP contribution is -2.27. The highest BCUT2D eigenvalue weighted by molar-refractivity contribution is 7.99. The molecule has 0 aromatic heterocycles. The van der Waals surface area contributed by atoms with E-state index in [4.69, 9.17) is 0 Å². The smallest absolute Gasteiger partial charge is 0.230 e. The molecule has 0 spiro atoms. The molecule has 1 amide bonds. The average Bonchev–Trinajstić information content (AvgIpc) is 2.55. The SMILES string of the molecule is Cc1ccc(SCCNC(=O)CSCc2ccc(F)cc2)cc1. The van der Waals surface area contributed by atoms with E-state index < -0.39 is 0 Å². The van der Waals surface area contributed by atoms with E-state index in [2.05, 4.69) is 36.5 Å². The number of aryl methyl sites for hydroxylation is 1. The summed E-state index contributed by atoms with van der Waals surface area (Å²) in [7, 11) is 0. The lowest BCUT2D eigenvalue weighted by atomic mass is 10.2. The van der Waals surface area contributed by atoms with Crippen molar-refractivity contribution in [3.8, 4) is 0 Å². The van der Waals surface area contributed by atoms with Crippen LogP contribution in [0.3, 0.4) is 0 Å². The number of benzene rings is 2. The number of halogens is 1. The molecule has 1 N–H and O–H groups in total. The first-order valence-electron chi connectivity index (χ1n) is 7.42. The first-order valence-corrected chi connectivity index (χ1v) is 9.56. The number of rotatable bonds is 8. The Morgan fingerprint density at radius 3 is 2.48 bits per heavy atom.